The predicted molar refractivity (Wildman–Crippen MR) is 80.7 cm³/mol. The number of H-pyrrole nitrogens is 1. The van der Waals surface area contributed by atoms with Crippen LogP contribution < -0.4 is 5.69 Å². The number of aromatic carboxylic acids is 1. The highest BCUT2D eigenvalue weighted by Crippen LogP contribution is 2.42. The number of fused-ring (bicyclic) bond motifs is 1. The van der Waals surface area contributed by atoms with Crippen molar-refractivity contribution in [2.24, 2.45) is 5.41 Å². The Morgan fingerprint density at radius 1 is 1.38 bits per heavy atom. The zero-order valence-corrected chi connectivity index (χ0v) is 12.2. The third-order valence-corrected chi connectivity index (χ3v) is 4.93. The Labute approximate surface area is 122 Å². The minimum Gasteiger partial charge on any atom is -0.478 e. The van der Waals surface area contributed by atoms with Gasteiger partial charge in [-0.2, -0.15) is 0 Å². The molecule has 0 aliphatic heterocycles. The van der Waals surface area contributed by atoms with Crippen molar-refractivity contribution in [2.45, 2.75) is 45.6 Å². The van der Waals surface area contributed by atoms with E-state index in [-0.39, 0.29) is 16.7 Å². The fraction of sp³-hybridized carbons (Fsp3) is 0.500. The number of carboxylic acid groups (broad SMARTS) is 1. The quantitative estimate of drug-likeness (QED) is 0.908. The van der Waals surface area contributed by atoms with Crippen molar-refractivity contribution in [3.8, 4) is 0 Å². The highest BCUT2D eigenvalue weighted by atomic mass is 16.4. The van der Waals surface area contributed by atoms with E-state index in [1.807, 2.05) is 0 Å². The van der Waals surface area contributed by atoms with Gasteiger partial charge in [0.15, 0.2) is 0 Å². The van der Waals surface area contributed by atoms with Crippen LogP contribution in [0.3, 0.4) is 0 Å². The zero-order valence-electron chi connectivity index (χ0n) is 12.2. The van der Waals surface area contributed by atoms with E-state index in [2.05, 4.69) is 11.9 Å². The van der Waals surface area contributed by atoms with Crippen molar-refractivity contribution in [2.75, 3.05) is 0 Å². The molecule has 21 heavy (non-hydrogen) atoms. The van der Waals surface area contributed by atoms with Gasteiger partial charge in [-0.25, -0.2) is 9.59 Å². The SMILES string of the molecule is CCC1(Cn2c(=O)[nH]c3cc(C(=O)O)ccc32)CCCC1. The molecule has 0 atom stereocenters. The van der Waals surface area contributed by atoms with Gasteiger partial charge in [-0.15, -0.1) is 0 Å². The molecule has 0 amide bonds. The molecule has 1 heterocycles. The maximum atomic E-state index is 12.2. The second-order valence-corrected chi connectivity index (χ2v) is 6.11. The monoisotopic (exact) mass is 288 g/mol. The van der Waals surface area contributed by atoms with Crippen molar-refractivity contribution in [1.82, 2.24) is 9.55 Å². The van der Waals surface area contributed by atoms with Gasteiger partial charge in [-0.3, -0.25) is 4.57 Å². The van der Waals surface area contributed by atoms with E-state index in [1.54, 1.807) is 16.7 Å². The molecule has 2 aromatic rings. The molecule has 0 spiro atoms. The molecule has 3 rings (SSSR count). The van der Waals surface area contributed by atoms with E-state index in [9.17, 15) is 9.59 Å². The third-order valence-electron chi connectivity index (χ3n) is 4.93. The van der Waals surface area contributed by atoms with Crippen LogP contribution in [0, 0.1) is 5.41 Å². The molecule has 112 valence electrons. The number of carboxylic acids is 1. The lowest BCUT2D eigenvalue weighted by Gasteiger charge is -2.27. The van der Waals surface area contributed by atoms with Gasteiger partial charge in [0.1, 0.15) is 0 Å². The molecule has 1 aromatic carbocycles. The summed E-state index contributed by atoms with van der Waals surface area (Å²) < 4.78 is 1.77. The molecule has 1 fully saturated rings. The largest absolute Gasteiger partial charge is 0.478 e. The first kappa shape index (κ1) is 13.9. The highest BCUT2D eigenvalue weighted by Gasteiger charge is 2.33. The smallest absolute Gasteiger partial charge is 0.335 e. The summed E-state index contributed by atoms with van der Waals surface area (Å²) in [5, 5.41) is 9.03. The van der Waals surface area contributed by atoms with E-state index in [0.29, 0.717) is 5.52 Å². The summed E-state index contributed by atoms with van der Waals surface area (Å²) in [6.07, 6.45) is 5.85. The summed E-state index contributed by atoms with van der Waals surface area (Å²) in [4.78, 5) is 26.0. The molecule has 0 bridgehead atoms. The number of aromatic amines is 1. The molecule has 5 heteroatoms. The topological polar surface area (TPSA) is 75.1 Å². The maximum absolute atomic E-state index is 12.2. The average Bonchev–Trinajstić information content (AvgIpc) is 3.05. The summed E-state index contributed by atoms with van der Waals surface area (Å²) in [7, 11) is 0. The lowest BCUT2D eigenvalue weighted by molar-refractivity contribution is 0.0697. The highest BCUT2D eigenvalue weighted by molar-refractivity contribution is 5.92. The van der Waals surface area contributed by atoms with Crippen molar-refractivity contribution in [1.29, 1.82) is 0 Å². The van der Waals surface area contributed by atoms with Gasteiger partial charge in [0.2, 0.25) is 0 Å². The van der Waals surface area contributed by atoms with Crippen molar-refractivity contribution in [3.63, 3.8) is 0 Å². The maximum Gasteiger partial charge on any atom is 0.335 e. The predicted octanol–water partition coefficient (Wildman–Crippen LogP) is 3.00. The number of nitrogens with zero attached hydrogens (tertiary/aromatic N) is 1. The molecule has 5 nitrogen and oxygen atoms in total. The van der Waals surface area contributed by atoms with E-state index >= 15 is 0 Å². The van der Waals surface area contributed by atoms with E-state index in [1.165, 1.54) is 18.9 Å². The third kappa shape index (κ3) is 2.37. The van der Waals surface area contributed by atoms with Crippen molar-refractivity contribution < 1.29 is 9.90 Å². The average molecular weight is 288 g/mol. The Kier molecular flexibility index (Phi) is 3.35. The first-order chi connectivity index (χ1) is 10.0. The molecule has 0 saturated heterocycles. The molecular weight excluding hydrogens is 268 g/mol. The number of nitrogens with one attached hydrogen (secondary N) is 1. The summed E-state index contributed by atoms with van der Waals surface area (Å²) in [5.41, 5.74) is 1.66. The van der Waals surface area contributed by atoms with E-state index in [4.69, 9.17) is 5.11 Å². The standard InChI is InChI=1S/C16H20N2O3/c1-2-16(7-3-4-8-16)10-18-13-6-5-11(14(19)20)9-12(13)17-15(18)21/h5-6,9H,2-4,7-8,10H2,1H3,(H,17,21)(H,19,20). The van der Waals surface area contributed by atoms with Crippen LogP contribution in [-0.4, -0.2) is 20.6 Å². The summed E-state index contributed by atoms with van der Waals surface area (Å²) in [6.45, 7) is 2.91. The number of hydrogen-bond acceptors (Lipinski definition) is 2. The van der Waals surface area contributed by atoms with Crippen LogP contribution >= 0.6 is 0 Å². The minimum absolute atomic E-state index is 0.146. The number of imidazole rings is 1. The summed E-state index contributed by atoms with van der Waals surface area (Å²) >= 11 is 0. The Hall–Kier alpha value is -2.04. The van der Waals surface area contributed by atoms with Gasteiger partial charge >= 0.3 is 11.7 Å². The minimum atomic E-state index is -0.980. The first-order valence-electron chi connectivity index (χ1n) is 7.50. The molecular formula is C16H20N2O3. The van der Waals surface area contributed by atoms with Gasteiger partial charge < -0.3 is 10.1 Å². The molecule has 1 aliphatic carbocycles. The Bertz CT molecular complexity index is 736. The first-order valence-corrected chi connectivity index (χ1v) is 7.50. The summed E-state index contributed by atoms with van der Waals surface area (Å²) in [5.74, 6) is -0.980. The zero-order chi connectivity index (χ0) is 15.0. The molecule has 1 aliphatic rings. The fourth-order valence-corrected chi connectivity index (χ4v) is 3.54. The molecule has 0 unspecified atom stereocenters. The van der Waals surface area contributed by atoms with Crippen molar-refractivity contribution in [3.05, 3.63) is 34.2 Å². The molecule has 2 N–H and O–H groups in total. The van der Waals surface area contributed by atoms with Crippen LogP contribution in [-0.2, 0) is 6.54 Å². The van der Waals surface area contributed by atoms with Gasteiger partial charge in [0.25, 0.3) is 0 Å². The lowest BCUT2D eigenvalue weighted by Crippen LogP contribution is -2.28. The van der Waals surface area contributed by atoms with Crippen LogP contribution in [0.5, 0.6) is 0 Å². The number of benzene rings is 1. The van der Waals surface area contributed by atoms with Crippen LogP contribution in [0.15, 0.2) is 23.0 Å². The van der Waals surface area contributed by atoms with Crippen LogP contribution in [0.4, 0.5) is 0 Å². The number of carbonyl (C=O) groups is 1. The fourth-order valence-electron chi connectivity index (χ4n) is 3.54. The molecule has 0 radical (unpaired) electrons. The van der Waals surface area contributed by atoms with Gasteiger partial charge in [-0.05, 0) is 42.9 Å². The normalized spacial score (nSPS) is 17.4. The Morgan fingerprint density at radius 2 is 2.10 bits per heavy atom. The number of rotatable bonds is 4. The van der Waals surface area contributed by atoms with E-state index < -0.39 is 5.97 Å². The van der Waals surface area contributed by atoms with Gasteiger partial charge in [-0.1, -0.05) is 19.8 Å². The molecule has 1 saturated carbocycles. The van der Waals surface area contributed by atoms with Gasteiger partial charge in [0, 0.05) is 6.54 Å². The molecule has 1 aromatic heterocycles. The van der Waals surface area contributed by atoms with Crippen molar-refractivity contribution >= 4 is 17.0 Å². The van der Waals surface area contributed by atoms with E-state index in [0.717, 1.165) is 31.3 Å². The van der Waals surface area contributed by atoms with Gasteiger partial charge in [0.05, 0.1) is 16.6 Å². The second-order valence-electron chi connectivity index (χ2n) is 6.11. The van der Waals surface area contributed by atoms with Crippen LogP contribution in [0.2, 0.25) is 0 Å². The number of aromatic nitrogens is 2. The Morgan fingerprint density at radius 3 is 2.71 bits per heavy atom. The number of hydrogen-bond donors (Lipinski definition) is 2. The lowest BCUT2D eigenvalue weighted by atomic mass is 9.83. The summed E-state index contributed by atoms with van der Waals surface area (Å²) in [6, 6.07) is 4.82. The van der Waals surface area contributed by atoms with Crippen LogP contribution in [0.1, 0.15) is 49.4 Å². The van der Waals surface area contributed by atoms with Crippen LogP contribution in [0.25, 0.3) is 11.0 Å². The Balaban J connectivity index is 2.04. The second kappa shape index (κ2) is 5.06.